The lowest BCUT2D eigenvalue weighted by Crippen LogP contribution is -2.47. The smallest absolute Gasteiger partial charge is 0.258 e. The lowest BCUT2D eigenvalue weighted by atomic mass is 10.0. The summed E-state index contributed by atoms with van der Waals surface area (Å²) in [6.07, 6.45) is 2.42. The van der Waals surface area contributed by atoms with Crippen molar-refractivity contribution >= 4 is 17.5 Å². The number of carbonyl (C=O) groups excluding carboxylic acids is 2. The average Bonchev–Trinajstić information content (AvgIpc) is 3.03. The Hall–Kier alpha value is -3.72. The van der Waals surface area contributed by atoms with Gasteiger partial charge in [0.05, 0.1) is 30.4 Å². The number of nitrogens with zero attached hydrogens (tertiary/aromatic N) is 2. The summed E-state index contributed by atoms with van der Waals surface area (Å²) < 4.78 is 12.8. The molecule has 0 saturated heterocycles. The Morgan fingerprint density at radius 3 is 2.45 bits per heavy atom. The molecule has 0 bridgehead atoms. The Morgan fingerprint density at radius 1 is 1.05 bits per heavy atom. The number of aliphatic hydroxyl groups is 1. The van der Waals surface area contributed by atoms with Crippen molar-refractivity contribution in [3.8, 4) is 5.75 Å². The Morgan fingerprint density at radius 2 is 1.75 bits per heavy atom. The maximum atomic E-state index is 14.3. The summed E-state index contributed by atoms with van der Waals surface area (Å²) in [7, 11) is 2.09. The second kappa shape index (κ2) is 16.4. The average molecular weight is 602 g/mol. The summed E-state index contributed by atoms with van der Waals surface area (Å²) >= 11 is 0. The number of benzene rings is 3. The van der Waals surface area contributed by atoms with Crippen molar-refractivity contribution in [3.63, 3.8) is 0 Å². The highest BCUT2D eigenvalue weighted by molar-refractivity contribution is 6.05. The van der Waals surface area contributed by atoms with Crippen LogP contribution < -0.4 is 10.1 Å². The summed E-state index contributed by atoms with van der Waals surface area (Å²) in [6, 6.07) is 24.1. The van der Waals surface area contributed by atoms with E-state index in [0.29, 0.717) is 42.3 Å². The quantitative estimate of drug-likeness (QED) is 0.336. The van der Waals surface area contributed by atoms with Crippen LogP contribution in [-0.4, -0.2) is 78.3 Å². The van der Waals surface area contributed by atoms with Crippen LogP contribution in [0.5, 0.6) is 5.75 Å². The molecule has 2 N–H and O–H groups in total. The predicted molar refractivity (Wildman–Crippen MR) is 174 cm³/mol. The van der Waals surface area contributed by atoms with Gasteiger partial charge in [-0.15, -0.1) is 0 Å². The third-order valence-corrected chi connectivity index (χ3v) is 8.13. The molecule has 1 heterocycles. The van der Waals surface area contributed by atoms with Crippen LogP contribution in [0, 0.1) is 5.92 Å². The maximum Gasteiger partial charge on any atom is 0.258 e. The van der Waals surface area contributed by atoms with Gasteiger partial charge in [0.1, 0.15) is 5.75 Å². The Bertz CT molecular complexity index is 1340. The van der Waals surface area contributed by atoms with E-state index >= 15 is 0 Å². The van der Waals surface area contributed by atoms with Gasteiger partial charge in [-0.3, -0.25) is 14.5 Å². The minimum Gasteiger partial charge on any atom is -0.490 e. The number of nitrogens with one attached hydrogen (secondary N) is 1. The lowest BCUT2D eigenvalue weighted by Gasteiger charge is -2.36. The first-order valence-corrected chi connectivity index (χ1v) is 15.7. The molecule has 3 aromatic carbocycles. The molecule has 1 aliphatic rings. The van der Waals surface area contributed by atoms with Crippen molar-refractivity contribution in [3.05, 3.63) is 95.6 Å². The van der Waals surface area contributed by atoms with Crippen LogP contribution in [0.3, 0.4) is 0 Å². The van der Waals surface area contributed by atoms with Gasteiger partial charge in [-0.05, 0) is 76.1 Å². The summed E-state index contributed by atoms with van der Waals surface area (Å²) in [5, 5.41) is 13.1. The molecule has 0 aromatic heterocycles. The SMILES string of the molecule is C[C@H](CO)N1C[C@H](C)[C@H](CN(C)Cc2ccccc2)OCCCC[C@H](C)Oc2ccc(NC(=O)c3ccccc3)cc2C1=O. The number of aliphatic hydroxyl groups excluding tert-OH is 1. The number of hydrogen-bond donors (Lipinski definition) is 2. The monoisotopic (exact) mass is 601 g/mol. The second-order valence-corrected chi connectivity index (χ2v) is 12.0. The van der Waals surface area contributed by atoms with Gasteiger partial charge in [0.2, 0.25) is 0 Å². The molecule has 0 spiro atoms. The Kier molecular flexibility index (Phi) is 12.4. The van der Waals surface area contributed by atoms with Gasteiger partial charge < -0.3 is 24.8 Å². The van der Waals surface area contributed by atoms with E-state index in [1.807, 2.05) is 50.2 Å². The Balaban J connectivity index is 1.61. The number of hydrogen-bond acceptors (Lipinski definition) is 6. The first-order chi connectivity index (χ1) is 21.2. The highest BCUT2D eigenvalue weighted by atomic mass is 16.5. The number of likely N-dealkylation sites (N-methyl/N-ethyl adjacent to an activating group) is 1. The fourth-order valence-corrected chi connectivity index (χ4v) is 5.52. The molecular formula is C36H47N3O5. The fraction of sp³-hybridized carbons (Fsp3) is 0.444. The second-order valence-electron chi connectivity index (χ2n) is 12.0. The summed E-state index contributed by atoms with van der Waals surface area (Å²) in [5.41, 5.74) is 2.61. The number of carbonyl (C=O) groups is 2. The van der Waals surface area contributed by atoms with Crippen LogP contribution >= 0.6 is 0 Å². The van der Waals surface area contributed by atoms with E-state index in [-0.39, 0.29) is 36.5 Å². The number of rotatable bonds is 8. The zero-order chi connectivity index (χ0) is 31.5. The van der Waals surface area contributed by atoms with Crippen LogP contribution in [0.15, 0.2) is 78.9 Å². The molecule has 0 fully saturated rings. The van der Waals surface area contributed by atoms with Crippen LogP contribution in [0.4, 0.5) is 5.69 Å². The minimum absolute atomic E-state index is 0.0154. The van der Waals surface area contributed by atoms with Gasteiger partial charge in [-0.25, -0.2) is 0 Å². The van der Waals surface area contributed by atoms with E-state index in [4.69, 9.17) is 9.47 Å². The number of anilines is 1. The maximum absolute atomic E-state index is 14.3. The number of amides is 2. The van der Waals surface area contributed by atoms with E-state index in [2.05, 4.69) is 36.3 Å². The van der Waals surface area contributed by atoms with E-state index < -0.39 is 6.04 Å². The van der Waals surface area contributed by atoms with Crippen molar-refractivity contribution < 1.29 is 24.2 Å². The molecule has 8 heteroatoms. The standard InChI is InChI=1S/C36H47N3O5/c1-26-22-39(27(2)25-40)36(42)32-21-31(37-35(41)30-16-9-6-10-17-30)18-19-33(32)44-28(3)13-11-12-20-43-34(26)24-38(4)23-29-14-7-5-8-15-29/h5-10,14-19,21,26-28,34,40H,11-13,20,22-25H2,1-4H3,(H,37,41)/t26-,27+,28-,34-/m0/s1. The van der Waals surface area contributed by atoms with Crippen LogP contribution in [0.25, 0.3) is 0 Å². The predicted octanol–water partition coefficient (Wildman–Crippen LogP) is 5.87. The van der Waals surface area contributed by atoms with Crippen molar-refractivity contribution in [2.24, 2.45) is 5.92 Å². The van der Waals surface area contributed by atoms with Crippen LogP contribution in [-0.2, 0) is 11.3 Å². The molecule has 2 amide bonds. The normalized spacial score (nSPS) is 20.7. The van der Waals surface area contributed by atoms with Gasteiger partial charge in [0.15, 0.2) is 0 Å². The van der Waals surface area contributed by atoms with E-state index in [9.17, 15) is 14.7 Å². The van der Waals surface area contributed by atoms with E-state index in [1.54, 1.807) is 35.2 Å². The molecule has 0 radical (unpaired) electrons. The topological polar surface area (TPSA) is 91.3 Å². The van der Waals surface area contributed by atoms with Crippen LogP contribution in [0.2, 0.25) is 0 Å². The zero-order valence-electron chi connectivity index (χ0n) is 26.4. The molecule has 44 heavy (non-hydrogen) atoms. The molecule has 4 atom stereocenters. The minimum atomic E-state index is -0.437. The molecule has 0 aliphatic carbocycles. The van der Waals surface area contributed by atoms with Crippen molar-refractivity contribution in [2.45, 2.75) is 64.8 Å². The third-order valence-electron chi connectivity index (χ3n) is 8.13. The highest BCUT2D eigenvalue weighted by Crippen LogP contribution is 2.29. The highest BCUT2D eigenvalue weighted by Gasteiger charge is 2.30. The lowest BCUT2D eigenvalue weighted by molar-refractivity contribution is -0.0177. The largest absolute Gasteiger partial charge is 0.490 e. The van der Waals surface area contributed by atoms with Gasteiger partial charge in [-0.1, -0.05) is 55.5 Å². The first kappa shape index (κ1) is 33.2. The van der Waals surface area contributed by atoms with Gasteiger partial charge >= 0.3 is 0 Å². The van der Waals surface area contributed by atoms with Gasteiger partial charge in [0, 0.05) is 43.4 Å². The molecule has 8 nitrogen and oxygen atoms in total. The molecule has 1 aliphatic heterocycles. The zero-order valence-corrected chi connectivity index (χ0v) is 26.4. The molecular weight excluding hydrogens is 554 g/mol. The summed E-state index contributed by atoms with van der Waals surface area (Å²) in [5.74, 6) is -0.0688. The molecule has 0 saturated carbocycles. The van der Waals surface area contributed by atoms with Crippen molar-refractivity contribution in [2.75, 3.05) is 38.7 Å². The van der Waals surface area contributed by atoms with E-state index in [1.165, 1.54) is 5.56 Å². The molecule has 3 aromatic rings. The first-order valence-electron chi connectivity index (χ1n) is 15.7. The fourth-order valence-electron chi connectivity index (χ4n) is 5.52. The summed E-state index contributed by atoms with van der Waals surface area (Å²) in [4.78, 5) is 31.2. The van der Waals surface area contributed by atoms with Gasteiger partial charge in [-0.2, -0.15) is 0 Å². The molecule has 236 valence electrons. The Labute approximate surface area is 262 Å². The van der Waals surface area contributed by atoms with Gasteiger partial charge in [0.25, 0.3) is 11.8 Å². The molecule has 4 rings (SSSR count). The van der Waals surface area contributed by atoms with E-state index in [0.717, 1.165) is 25.8 Å². The number of fused-ring (bicyclic) bond motifs is 1. The third kappa shape index (κ3) is 9.39. The number of ether oxygens (including phenoxy) is 2. The van der Waals surface area contributed by atoms with Crippen molar-refractivity contribution in [1.82, 2.24) is 9.80 Å². The van der Waals surface area contributed by atoms with Crippen LogP contribution in [0.1, 0.15) is 66.3 Å². The molecule has 0 unspecified atom stereocenters. The summed E-state index contributed by atoms with van der Waals surface area (Å²) in [6.45, 7) is 8.28. The van der Waals surface area contributed by atoms with Crippen molar-refractivity contribution in [1.29, 1.82) is 0 Å².